The molecule has 1 aromatic carbocycles. The lowest BCUT2D eigenvalue weighted by Gasteiger charge is -2.14. The third-order valence-electron chi connectivity index (χ3n) is 4.14. The molecule has 2 aromatic heterocycles. The number of hydrogen-bond acceptors (Lipinski definition) is 9. The Morgan fingerprint density at radius 3 is 2.45 bits per heavy atom. The third kappa shape index (κ3) is 3.92. The van der Waals surface area contributed by atoms with Gasteiger partial charge in [0.15, 0.2) is 5.82 Å². The largest absolute Gasteiger partial charge is 0.496 e. The maximum Gasteiger partial charge on any atom is 0.348 e. The highest BCUT2D eigenvalue weighted by Crippen LogP contribution is 2.33. The number of amides is 1. The molecule has 0 spiro atoms. The lowest BCUT2D eigenvalue weighted by atomic mass is 10.1. The van der Waals surface area contributed by atoms with Gasteiger partial charge in [0.05, 0.1) is 26.2 Å². The Hall–Kier alpha value is -3.40. The monoisotopic (exact) mass is 416 g/mol. The number of benzene rings is 1. The average Bonchev–Trinajstić information content (AvgIpc) is 3.08. The van der Waals surface area contributed by atoms with E-state index in [1.54, 1.807) is 32.0 Å². The maximum atomic E-state index is 12.7. The normalized spacial score (nSPS) is 10.5. The molecule has 0 aliphatic rings. The zero-order valence-electron chi connectivity index (χ0n) is 16.4. The summed E-state index contributed by atoms with van der Waals surface area (Å²) in [6, 6.07) is 5.05. The van der Waals surface area contributed by atoms with Gasteiger partial charge < -0.3 is 14.2 Å². The lowest BCUT2D eigenvalue weighted by Crippen LogP contribution is -2.30. The van der Waals surface area contributed by atoms with Crippen molar-refractivity contribution in [3.63, 3.8) is 0 Å². The van der Waals surface area contributed by atoms with E-state index in [4.69, 9.17) is 14.2 Å². The number of rotatable bonds is 7. The van der Waals surface area contributed by atoms with Crippen LogP contribution >= 0.6 is 11.3 Å². The van der Waals surface area contributed by atoms with Crippen LogP contribution < -0.4 is 20.3 Å². The van der Waals surface area contributed by atoms with Crippen LogP contribution in [0.25, 0.3) is 10.2 Å². The van der Waals surface area contributed by atoms with Gasteiger partial charge in [-0.1, -0.05) is 6.07 Å². The van der Waals surface area contributed by atoms with Gasteiger partial charge in [0.2, 0.25) is 0 Å². The summed E-state index contributed by atoms with van der Waals surface area (Å²) in [6.07, 6.45) is 1.35. The molecule has 9 nitrogen and oxygen atoms in total. The Kier molecular flexibility index (Phi) is 6.13. The number of aromatic nitrogens is 2. The molecule has 152 valence electrons. The van der Waals surface area contributed by atoms with E-state index in [9.17, 15) is 9.59 Å². The van der Waals surface area contributed by atoms with E-state index >= 15 is 0 Å². The number of fused-ring (bicyclic) bond motifs is 1. The predicted molar refractivity (Wildman–Crippen MR) is 109 cm³/mol. The van der Waals surface area contributed by atoms with Crippen LogP contribution in [0.15, 0.2) is 24.5 Å². The Balaban J connectivity index is 1.90. The second kappa shape index (κ2) is 8.74. The first-order valence-corrected chi connectivity index (χ1v) is 9.52. The van der Waals surface area contributed by atoms with Gasteiger partial charge in [-0.25, -0.2) is 14.8 Å². The second-order valence-corrected chi connectivity index (χ2v) is 6.79. The summed E-state index contributed by atoms with van der Waals surface area (Å²) in [5.41, 5.74) is 6.32. The highest BCUT2D eigenvalue weighted by Gasteiger charge is 2.22. The van der Waals surface area contributed by atoms with Crippen molar-refractivity contribution < 1.29 is 23.8 Å². The number of esters is 1. The van der Waals surface area contributed by atoms with Gasteiger partial charge >= 0.3 is 5.97 Å². The van der Waals surface area contributed by atoms with Crippen molar-refractivity contribution in [3.05, 3.63) is 40.5 Å². The summed E-state index contributed by atoms with van der Waals surface area (Å²) >= 11 is 1.21. The van der Waals surface area contributed by atoms with E-state index in [1.807, 2.05) is 0 Å². The van der Waals surface area contributed by atoms with Gasteiger partial charge in [0.25, 0.3) is 5.91 Å². The molecule has 2 heterocycles. The Morgan fingerprint density at radius 1 is 1.14 bits per heavy atom. The molecular weight excluding hydrogens is 396 g/mol. The van der Waals surface area contributed by atoms with Crippen LogP contribution in [0, 0.1) is 6.92 Å². The summed E-state index contributed by atoms with van der Waals surface area (Å²) in [5.74, 6) is 0.216. The highest BCUT2D eigenvalue weighted by molar-refractivity contribution is 7.20. The number of hydrazine groups is 1. The van der Waals surface area contributed by atoms with Gasteiger partial charge in [-0.2, -0.15) is 0 Å². The van der Waals surface area contributed by atoms with E-state index in [-0.39, 0.29) is 12.2 Å². The summed E-state index contributed by atoms with van der Waals surface area (Å²) in [6.45, 7) is 3.81. The number of thiophene rings is 1. The highest BCUT2D eigenvalue weighted by atomic mass is 32.1. The van der Waals surface area contributed by atoms with Gasteiger partial charge in [-0.15, -0.1) is 11.3 Å². The molecule has 10 heteroatoms. The Bertz CT molecular complexity index is 1040. The zero-order chi connectivity index (χ0) is 21.0. The summed E-state index contributed by atoms with van der Waals surface area (Å²) in [7, 11) is 2.94. The van der Waals surface area contributed by atoms with Crippen LogP contribution in [0.4, 0.5) is 5.82 Å². The molecule has 0 unspecified atom stereocenters. The van der Waals surface area contributed by atoms with Gasteiger partial charge in [-0.05, 0) is 31.5 Å². The number of nitrogens with zero attached hydrogens (tertiary/aromatic N) is 2. The number of carbonyl (C=O) groups is 2. The predicted octanol–water partition coefficient (Wildman–Crippen LogP) is 2.95. The molecule has 1 amide bonds. The zero-order valence-corrected chi connectivity index (χ0v) is 17.2. The number of anilines is 1. The molecule has 0 saturated carbocycles. The molecule has 3 rings (SSSR count). The first-order chi connectivity index (χ1) is 14.0. The van der Waals surface area contributed by atoms with Gasteiger partial charge in [0.1, 0.15) is 33.1 Å². The van der Waals surface area contributed by atoms with Crippen molar-refractivity contribution in [2.45, 2.75) is 13.8 Å². The molecule has 0 aliphatic heterocycles. The average molecular weight is 416 g/mol. The molecule has 0 fully saturated rings. The number of methoxy groups -OCH3 is 2. The van der Waals surface area contributed by atoms with Crippen LogP contribution in [0.2, 0.25) is 0 Å². The van der Waals surface area contributed by atoms with Crippen molar-refractivity contribution in [1.29, 1.82) is 0 Å². The van der Waals surface area contributed by atoms with Gasteiger partial charge in [-0.3, -0.25) is 15.6 Å². The van der Waals surface area contributed by atoms with Crippen LogP contribution in [0.3, 0.4) is 0 Å². The van der Waals surface area contributed by atoms with Crippen molar-refractivity contribution >= 4 is 39.2 Å². The Morgan fingerprint density at radius 2 is 1.83 bits per heavy atom. The fraction of sp³-hybridized carbons (Fsp3) is 0.263. The SMILES string of the molecule is CCOC(=O)c1sc2ncnc(NNC(=O)c3c(OC)cccc3OC)c2c1C. The van der Waals surface area contributed by atoms with Crippen molar-refractivity contribution in [2.24, 2.45) is 0 Å². The molecule has 0 aliphatic carbocycles. The summed E-state index contributed by atoms with van der Waals surface area (Å²) < 4.78 is 15.6. The fourth-order valence-corrected chi connectivity index (χ4v) is 3.85. The molecule has 29 heavy (non-hydrogen) atoms. The van der Waals surface area contributed by atoms with E-state index in [1.165, 1.54) is 31.9 Å². The molecule has 3 aromatic rings. The topological polar surface area (TPSA) is 112 Å². The number of carbonyl (C=O) groups excluding carboxylic acids is 2. The van der Waals surface area contributed by atoms with E-state index in [0.29, 0.717) is 38.0 Å². The Labute approximate surface area is 171 Å². The number of aryl methyl sites for hydroxylation is 1. The third-order valence-corrected chi connectivity index (χ3v) is 5.32. The number of hydrogen-bond donors (Lipinski definition) is 2. The van der Waals surface area contributed by atoms with Crippen molar-refractivity contribution in [2.75, 3.05) is 26.3 Å². The minimum atomic E-state index is -0.468. The first kappa shape index (κ1) is 20.3. The van der Waals surface area contributed by atoms with Crippen LogP contribution in [-0.4, -0.2) is 42.7 Å². The smallest absolute Gasteiger partial charge is 0.348 e. The summed E-state index contributed by atoms with van der Waals surface area (Å²) in [5, 5.41) is 0.632. The first-order valence-electron chi connectivity index (χ1n) is 8.70. The fourth-order valence-electron chi connectivity index (χ4n) is 2.81. The quantitative estimate of drug-likeness (QED) is 0.447. The van der Waals surface area contributed by atoms with Crippen molar-refractivity contribution in [3.8, 4) is 11.5 Å². The molecule has 0 atom stereocenters. The molecule has 0 saturated heterocycles. The molecule has 0 radical (unpaired) electrons. The van der Waals surface area contributed by atoms with E-state index in [2.05, 4.69) is 20.8 Å². The number of nitrogens with one attached hydrogen (secondary N) is 2. The maximum absolute atomic E-state index is 12.7. The molecular formula is C19H20N4O5S. The second-order valence-electron chi connectivity index (χ2n) is 5.80. The number of ether oxygens (including phenoxy) is 3. The van der Waals surface area contributed by atoms with E-state index in [0.717, 1.165) is 0 Å². The van der Waals surface area contributed by atoms with Crippen LogP contribution in [-0.2, 0) is 4.74 Å². The van der Waals surface area contributed by atoms with Crippen LogP contribution in [0.1, 0.15) is 32.5 Å². The molecule has 2 N–H and O–H groups in total. The minimum absolute atomic E-state index is 0.240. The van der Waals surface area contributed by atoms with Crippen molar-refractivity contribution in [1.82, 2.24) is 15.4 Å². The minimum Gasteiger partial charge on any atom is -0.496 e. The van der Waals surface area contributed by atoms with Crippen LogP contribution in [0.5, 0.6) is 11.5 Å². The standard InChI is InChI=1S/C19H20N4O5S/c1-5-28-19(25)15-10(2)13-16(20-9-21-18(13)29-15)22-23-17(24)14-11(26-3)7-6-8-12(14)27-4/h6-9H,5H2,1-4H3,(H,23,24)(H,20,21,22). The summed E-state index contributed by atoms with van der Waals surface area (Å²) in [4.78, 5) is 34.4. The van der Waals surface area contributed by atoms with Gasteiger partial charge in [0, 0.05) is 0 Å². The molecule has 0 bridgehead atoms. The van der Waals surface area contributed by atoms with E-state index < -0.39 is 11.9 Å². The lowest BCUT2D eigenvalue weighted by molar-refractivity contribution is 0.0531.